The van der Waals surface area contributed by atoms with E-state index in [9.17, 15) is 0 Å². The van der Waals surface area contributed by atoms with Crippen LogP contribution in [0.25, 0.3) is 0 Å². The third kappa shape index (κ3) is 1.81. The maximum atomic E-state index is 9.12. The Hall–Kier alpha value is -1.12. The van der Waals surface area contributed by atoms with Crippen LogP contribution in [0, 0.1) is 18.3 Å². The first-order chi connectivity index (χ1) is 8.29. The molecule has 2 saturated heterocycles. The van der Waals surface area contributed by atoms with Gasteiger partial charge in [-0.2, -0.15) is 9.64 Å². The number of hydrogen-bond acceptors (Lipinski definition) is 5. The smallest absolute Gasteiger partial charge is 0.127 e. The van der Waals surface area contributed by atoms with E-state index in [-0.39, 0.29) is 0 Å². The first-order valence-electron chi connectivity index (χ1n) is 6.16. The maximum Gasteiger partial charge on any atom is 0.127 e. The van der Waals surface area contributed by atoms with E-state index in [2.05, 4.69) is 20.7 Å². The molecule has 17 heavy (non-hydrogen) atoms. The van der Waals surface area contributed by atoms with Crippen molar-refractivity contribution in [2.75, 3.05) is 18.4 Å². The predicted octanol–water partition coefficient (Wildman–Crippen LogP) is 1.97. The normalized spacial score (nSPS) is 28.0. The van der Waals surface area contributed by atoms with Gasteiger partial charge in [-0.05, 0) is 44.3 Å². The number of nitriles is 1. The van der Waals surface area contributed by atoms with Crippen molar-refractivity contribution in [1.29, 1.82) is 5.26 Å². The van der Waals surface area contributed by atoms with Crippen LogP contribution in [0.4, 0.5) is 5.00 Å². The van der Waals surface area contributed by atoms with Crippen molar-refractivity contribution in [3.8, 4) is 6.07 Å². The van der Waals surface area contributed by atoms with Crippen LogP contribution in [0.1, 0.15) is 30.5 Å². The van der Waals surface area contributed by atoms with Gasteiger partial charge in [0.05, 0.1) is 5.69 Å². The molecule has 0 amide bonds. The highest BCUT2D eigenvalue weighted by Crippen LogP contribution is 2.32. The Morgan fingerprint density at radius 1 is 1.47 bits per heavy atom. The van der Waals surface area contributed by atoms with Crippen LogP contribution in [0.2, 0.25) is 0 Å². The molecule has 4 nitrogen and oxygen atoms in total. The third-order valence-electron chi connectivity index (χ3n) is 3.90. The second kappa shape index (κ2) is 4.28. The maximum absolute atomic E-state index is 9.12. The van der Waals surface area contributed by atoms with Crippen LogP contribution in [0.3, 0.4) is 0 Å². The van der Waals surface area contributed by atoms with E-state index in [4.69, 9.17) is 5.26 Å². The molecule has 0 spiro atoms. The van der Waals surface area contributed by atoms with Crippen molar-refractivity contribution >= 4 is 16.5 Å². The highest BCUT2D eigenvalue weighted by atomic mass is 32.1. The van der Waals surface area contributed by atoms with E-state index in [1.165, 1.54) is 43.9 Å². The summed E-state index contributed by atoms with van der Waals surface area (Å²) in [6, 6.07) is 3.42. The molecule has 0 radical (unpaired) electrons. The Balaban J connectivity index is 1.77. The minimum atomic E-state index is 0.504. The zero-order valence-electron chi connectivity index (χ0n) is 9.94. The second-order valence-corrected chi connectivity index (χ2v) is 5.64. The molecule has 0 aliphatic carbocycles. The largest absolute Gasteiger partial charge is 0.370 e. The summed E-state index contributed by atoms with van der Waals surface area (Å²) < 4.78 is 4.26. The highest BCUT2D eigenvalue weighted by molar-refractivity contribution is 7.10. The van der Waals surface area contributed by atoms with Crippen molar-refractivity contribution in [1.82, 2.24) is 9.27 Å². The topological polar surface area (TPSA) is 52.0 Å². The summed E-state index contributed by atoms with van der Waals surface area (Å²) in [5.74, 6) is 0. The molecule has 2 atom stereocenters. The Bertz CT molecular complexity index is 462. The van der Waals surface area contributed by atoms with Crippen LogP contribution < -0.4 is 5.32 Å². The summed E-state index contributed by atoms with van der Waals surface area (Å²) in [4.78, 5) is 2.57. The summed E-state index contributed by atoms with van der Waals surface area (Å²) >= 11 is 1.42. The molecule has 0 aromatic carbocycles. The lowest BCUT2D eigenvalue weighted by Crippen LogP contribution is -2.33. The van der Waals surface area contributed by atoms with Gasteiger partial charge in [-0.1, -0.05) is 0 Å². The molecule has 0 saturated carbocycles. The molecule has 0 bridgehead atoms. The molecule has 2 aliphatic rings. The number of aryl methyl sites for hydroxylation is 1. The molecule has 90 valence electrons. The molecular formula is C12H16N4S. The molecule has 3 rings (SSSR count). The third-order valence-corrected chi connectivity index (χ3v) is 4.77. The van der Waals surface area contributed by atoms with Gasteiger partial charge in [-0.25, -0.2) is 0 Å². The molecule has 5 heteroatoms. The summed E-state index contributed by atoms with van der Waals surface area (Å²) in [5.41, 5.74) is 1.58. The summed E-state index contributed by atoms with van der Waals surface area (Å²) in [6.45, 7) is 4.34. The number of anilines is 1. The van der Waals surface area contributed by atoms with E-state index in [0.717, 1.165) is 16.3 Å². The Kier molecular flexibility index (Phi) is 2.77. The van der Waals surface area contributed by atoms with Gasteiger partial charge in [-0.15, -0.1) is 0 Å². The van der Waals surface area contributed by atoms with Crippen molar-refractivity contribution in [2.24, 2.45) is 0 Å². The summed E-state index contributed by atoms with van der Waals surface area (Å²) in [7, 11) is 0. The number of hydrogen-bond donors (Lipinski definition) is 1. The average molecular weight is 248 g/mol. The number of fused-ring (bicyclic) bond motifs is 1. The molecule has 3 heterocycles. The van der Waals surface area contributed by atoms with Crippen LogP contribution in [-0.4, -0.2) is 34.4 Å². The van der Waals surface area contributed by atoms with Gasteiger partial charge in [0.1, 0.15) is 16.6 Å². The fourth-order valence-electron chi connectivity index (χ4n) is 3.02. The zero-order chi connectivity index (χ0) is 11.8. The van der Waals surface area contributed by atoms with Gasteiger partial charge in [0.2, 0.25) is 0 Å². The quantitative estimate of drug-likeness (QED) is 0.869. The molecule has 1 N–H and O–H groups in total. The van der Waals surface area contributed by atoms with Crippen molar-refractivity contribution in [2.45, 2.75) is 38.3 Å². The van der Waals surface area contributed by atoms with E-state index in [0.29, 0.717) is 12.1 Å². The molecule has 2 aliphatic heterocycles. The van der Waals surface area contributed by atoms with E-state index in [1.807, 2.05) is 6.92 Å². The summed E-state index contributed by atoms with van der Waals surface area (Å²) in [5, 5.41) is 13.6. The highest BCUT2D eigenvalue weighted by Gasteiger charge is 2.37. The van der Waals surface area contributed by atoms with Gasteiger partial charge < -0.3 is 5.32 Å². The van der Waals surface area contributed by atoms with Crippen LogP contribution in [-0.2, 0) is 0 Å². The van der Waals surface area contributed by atoms with Crippen LogP contribution >= 0.6 is 11.5 Å². The van der Waals surface area contributed by atoms with E-state index >= 15 is 0 Å². The SMILES string of the molecule is Cc1nsc(NC2CCN3CCCC23)c1C#N. The second-order valence-electron chi connectivity index (χ2n) is 4.87. The minimum Gasteiger partial charge on any atom is -0.370 e. The first kappa shape index (κ1) is 11.0. The molecule has 2 fully saturated rings. The van der Waals surface area contributed by atoms with Gasteiger partial charge >= 0.3 is 0 Å². The average Bonchev–Trinajstić information content (AvgIpc) is 2.97. The van der Waals surface area contributed by atoms with Crippen molar-refractivity contribution in [3.05, 3.63) is 11.3 Å². The first-order valence-corrected chi connectivity index (χ1v) is 6.94. The molecule has 1 aromatic rings. The van der Waals surface area contributed by atoms with Gasteiger partial charge in [-0.3, -0.25) is 4.90 Å². The van der Waals surface area contributed by atoms with Crippen LogP contribution in [0.15, 0.2) is 0 Å². The molecular weight excluding hydrogens is 232 g/mol. The lowest BCUT2D eigenvalue weighted by Gasteiger charge is -2.21. The number of rotatable bonds is 2. The number of nitrogens with one attached hydrogen (secondary N) is 1. The molecule has 2 unspecified atom stereocenters. The van der Waals surface area contributed by atoms with Crippen molar-refractivity contribution in [3.63, 3.8) is 0 Å². The fourth-order valence-corrected chi connectivity index (χ4v) is 3.83. The van der Waals surface area contributed by atoms with E-state index in [1.54, 1.807) is 0 Å². The number of nitrogens with zero attached hydrogens (tertiary/aromatic N) is 3. The van der Waals surface area contributed by atoms with Gasteiger partial charge in [0.25, 0.3) is 0 Å². The minimum absolute atomic E-state index is 0.504. The number of aromatic nitrogens is 1. The zero-order valence-corrected chi connectivity index (χ0v) is 10.8. The lowest BCUT2D eigenvalue weighted by molar-refractivity contribution is 0.318. The van der Waals surface area contributed by atoms with Gasteiger partial charge in [0.15, 0.2) is 0 Å². The van der Waals surface area contributed by atoms with Crippen molar-refractivity contribution < 1.29 is 0 Å². The molecule has 1 aromatic heterocycles. The van der Waals surface area contributed by atoms with E-state index < -0.39 is 0 Å². The monoisotopic (exact) mass is 248 g/mol. The Labute approximate surface area is 105 Å². The lowest BCUT2D eigenvalue weighted by atomic mass is 10.1. The predicted molar refractivity (Wildman–Crippen MR) is 68.2 cm³/mol. The Morgan fingerprint density at radius 3 is 3.18 bits per heavy atom. The standard InChI is InChI=1S/C12H16N4S/c1-8-9(7-13)12(17-15-8)14-10-4-6-16-5-2-3-11(10)16/h10-11,14H,2-6H2,1H3. The van der Waals surface area contributed by atoms with Gasteiger partial charge in [0, 0.05) is 18.6 Å². The Morgan fingerprint density at radius 2 is 2.35 bits per heavy atom. The summed E-state index contributed by atoms with van der Waals surface area (Å²) in [6.07, 6.45) is 3.79. The van der Waals surface area contributed by atoms with Crippen LogP contribution in [0.5, 0.6) is 0 Å². The fraction of sp³-hybridized carbons (Fsp3) is 0.667.